The Hall–Kier alpha value is -1.87. The zero-order valence-electron chi connectivity index (χ0n) is 12.5. The third-order valence-corrected chi connectivity index (χ3v) is 3.20. The van der Waals surface area contributed by atoms with Gasteiger partial charge in [-0.1, -0.05) is 24.3 Å². The number of aliphatic hydroxyl groups excluding tert-OH is 1. The maximum atomic E-state index is 14.0. The van der Waals surface area contributed by atoms with Gasteiger partial charge in [0.2, 0.25) is 0 Å². The summed E-state index contributed by atoms with van der Waals surface area (Å²) >= 11 is 0. The van der Waals surface area contributed by atoms with E-state index in [1.165, 1.54) is 6.07 Å². The van der Waals surface area contributed by atoms with E-state index in [1.54, 1.807) is 12.1 Å². The zero-order chi connectivity index (χ0) is 15.2. The van der Waals surface area contributed by atoms with Crippen LogP contribution in [0.25, 0.3) is 11.1 Å². The molecule has 0 fully saturated rings. The minimum absolute atomic E-state index is 0.0594. The second kappa shape index (κ2) is 7.23. The fourth-order valence-electron chi connectivity index (χ4n) is 2.21. The minimum atomic E-state index is -0.255. The molecule has 21 heavy (non-hydrogen) atoms. The first kappa shape index (κ1) is 15.5. The first-order valence-electron chi connectivity index (χ1n) is 7.26. The van der Waals surface area contributed by atoms with Gasteiger partial charge in [0.05, 0.1) is 6.10 Å². The van der Waals surface area contributed by atoms with Gasteiger partial charge in [-0.15, -0.1) is 0 Å². The molecule has 0 aliphatic carbocycles. The Morgan fingerprint density at radius 1 is 1.10 bits per heavy atom. The Kier molecular flexibility index (Phi) is 5.34. The van der Waals surface area contributed by atoms with Gasteiger partial charge in [-0.2, -0.15) is 0 Å². The highest BCUT2D eigenvalue weighted by Gasteiger charge is 2.08. The molecule has 0 saturated heterocycles. The van der Waals surface area contributed by atoms with Crippen LogP contribution in [0.1, 0.15) is 25.8 Å². The molecule has 0 spiro atoms. The van der Waals surface area contributed by atoms with Crippen LogP contribution in [0.5, 0.6) is 5.75 Å². The molecular weight excluding hydrogens is 267 g/mol. The van der Waals surface area contributed by atoms with Crippen LogP contribution in [0.3, 0.4) is 0 Å². The summed E-state index contributed by atoms with van der Waals surface area (Å²) in [4.78, 5) is 0. The fourth-order valence-corrected chi connectivity index (χ4v) is 2.21. The third-order valence-electron chi connectivity index (χ3n) is 3.20. The summed E-state index contributed by atoms with van der Waals surface area (Å²) in [6, 6.07) is 12.6. The number of aliphatic hydroxyl groups is 1. The van der Waals surface area contributed by atoms with Gasteiger partial charge < -0.3 is 9.84 Å². The highest BCUT2D eigenvalue weighted by molar-refractivity contribution is 5.66. The Labute approximate surface area is 125 Å². The lowest BCUT2D eigenvalue weighted by molar-refractivity contribution is 0.242. The maximum absolute atomic E-state index is 14.0. The SMILES string of the molecule is CC(C)Oc1ccc(F)c(-c2ccc(CCCO)cc2)c1. The van der Waals surface area contributed by atoms with Gasteiger partial charge in [-0.3, -0.25) is 0 Å². The third kappa shape index (κ3) is 4.30. The highest BCUT2D eigenvalue weighted by atomic mass is 19.1. The Morgan fingerprint density at radius 2 is 1.81 bits per heavy atom. The minimum Gasteiger partial charge on any atom is -0.491 e. The van der Waals surface area contributed by atoms with Crippen molar-refractivity contribution in [1.29, 1.82) is 0 Å². The molecule has 0 radical (unpaired) electrons. The molecule has 0 unspecified atom stereocenters. The van der Waals surface area contributed by atoms with Gasteiger partial charge in [0.1, 0.15) is 11.6 Å². The van der Waals surface area contributed by atoms with Crippen molar-refractivity contribution in [3.63, 3.8) is 0 Å². The standard InChI is InChI=1S/C18H21FO2/c1-13(2)21-16-9-10-18(19)17(12-16)15-7-5-14(6-8-15)4-3-11-20/h5-10,12-13,20H,3-4,11H2,1-2H3. The average Bonchev–Trinajstić information content (AvgIpc) is 2.47. The van der Waals surface area contributed by atoms with Gasteiger partial charge in [0.25, 0.3) is 0 Å². The zero-order valence-corrected chi connectivity index (χ0v) is 12.5. The smallest absolute Gasteiger partial charge is 0.131 e. The van der Waals surface area contributed by atoms with Crippen molar-refractivity contribution < 1.29 is 14.2 Å². The lowest BCUT2D eigenvalue weighted by Crippen LogP contribution is -2.05. The lowest BCUT2D eigenvalue weighted by atomic mass is 10.0. The molecule has 0 aliphatic rings. The summed E-state index contributed by atoms with van der Waals surface area (Å²) in [6.45, 7) is 4.07. The van der Waals surface area contributed by atoms with Crippen molar-refractivity contribution in [2.45, 2.75) is 32.8 Å². The van der Waals surface area contributed by atoms with E-state index in [1.807, 2.05) is 38.1 Å². The molecule has 0 heterocycles. The maximum Gasteiger partial charge on any atom is 0.131 e. The topological polar surface area (TPSA) is 29.5 Å². The molecule has 1 N–H and O–H groups in total. The molecule has 0 aromatic heterocycles. The van der Waals surface area contributed by atoms with Crippen molar-refractivity contribution >= 4 is 0 Å². The van der Waals surface area contributed by atoms with E-state index in [9.17, 15) is 4.39 Å². The molecule has 0 amide bonds. The van der Waals surface area contributed by atoms with Gasteiger partial charge >= 0.3 is 0 Å². The first-order chi connectivity index (χ1) is 10.1. The molecule has 2 aromatic rings. The summed E-state index contributed by atoms with van der Waals surface area (Å²) in [7, 11) is 0. The van der Waals surface area contributed by atoms with E-state index in [4.69, 9.17) is 9.84 Å². The molecule has 2 rings (SSSR count). The van der Waals surface area contributed by atoms with Crippen molar-refractivity contribution in [2.75, 3.05) is 6.61 Å². The molecule has 0 saturated carbocycles. The van der Waals surface area contributed by atoms with E-state index in [2.05, 4.69) is 0 Å². The summed E-state index contributed by atoms with van der Waals surface area (Å²) in [5.74, 6) is 0.417. The largest absolute Gasteiger partial charge is 0.491 e. The molecular formula is C18H21FO2. The van der Waals surface area contributed by atoms with E-state index >= 15 is 0 Å². The van der Waals surface area contributed by atoms with Gasteiger partial charge in [0, 0.05) is 12.2 Å². The second-order valence-electron chi connectivity index (χ2n) is 5.33. The van der Waals surface area contributed by atoms with Crippen LogP contribution in [-0.2, 0) is 6.42 Å². The monoisotopic (exact) mass is 288 g/mol. The van der Waals surface area contributed by atoms with Crippen LogP contribution in [0.4, 0.5) is 4.39 Å². The quantitative estimate of drug-likeness (QED) is 0.863. The van der Waals surface area contributed by atoms with Gasteiger partial charge in [-0.05, 0) is 56.0 Å². The highest BCUT2D eigenvalue weighted by Crippen LogP contribution is 2.28. The lowest BCUT2D eigenvalue weighted by Gasteiger charge is -2.12. The number of benzene rings is 2. The molecule has 112 valence electrons. The summed E-state index contributed by atoms with van der Waals surface area (Å²) in [5, 5.41) is 8.84. The molecule has 3 heteroatoms. The Bertz CT molecular complexity index is 576. The summed E-state index contributed by atoms with van der Waals surface area (Å²) in [5.41, 5.74) is 2.51. The van der Waals surface area contributed by atoms with Crippen LogP contribution in [0.2, 0.25) is 0 Å². The number of halogens is 1. The molecule has 0 atom stereocenters. The van der Waals surface area contributed by atoms with E-state index < -0.39 is 0 Å². The Morgan fingerprint density at radius 3 is 2.43 bits per heavy atom. The molecule has 0 aliphatic heterocycles. The first-order valence-corrected chi connectivity index (χ1v) is 7.26. The number of rotatable bonds is 6. The molecule has 0 bridgehead atoms. The van der Waals surface area contributed by atoms with Crippen molar-refractivity contribution in [3.05, 3.63) is 53.8 Å². The van der Waals surface area contributed by atoms with E-state index in [-0.39, 0.29) is 18.5 Å². The van der Waals surface area contributed by atoms with Gasteiger partial charge in [-0.25, -0.2) is 4.39 Å². The normalized spacial score (nSPS) is 10.9. The number of aryl methyl sites for hydroxylation is 1. The molecule has 2 aromatic carbocycles. The summed E-state index contributed by atoms with van der Waals surface area (Å²) in [6.07, 6.45) is 1.63. The molecule has 2 nitrogen and oxygen atoms in total. The number of hydrogen-bond acceptors (Lipinski definition) is 2. The van der Waals surface area contributed by atoms with Crippen molar-refractivity contribution in [3.8, 4) is 16.9 Å². The average molecular weight is 288 g/mol. The summed E-state index contributed by atoms with van der Waals surface area (Å²) < 4.78 is 19.6. The van der Waals surface area contributed by atoms with Crippen molar-refractivity contribution in [2.24, 2.45) is 0 Å². The predicted molar refractivity (Wildman–Crippen MR) is 83.0 cm³/mol. The van der Waals surface area contributed by atoms with Crippen LogP contribution in [-0.4, -0.2) is 17.8 Å². The van der Waals surface area contributed by atoms with Crippen LogP contribution < -0.4 is 4.74 Å². The second-order valence-corrected chi connectivity index (χ2v) is 5.33. The van der Waals surface area contributed by atoms with E-state index in [0.29, 0.717) is 11.3 Å². The predicted octanol–water partition coefficient (Wildman–Crippen LogP) is 4.20. The fraction of sp³-hybridized carbons (Fsp3) is 0.333. The number of ether oxygens (including phenoxy) is 1. The van der Waals surface area contributed by atoms with Gasteiger partial charge in [0.15, 0.2) is 0 Å². The van der Waals surface area contributed by atoms with Crippen LogP contribution in [0.15, 0.2) is 42.5 Å². The van der Waals surface area contributed by atoms with E-state index in [0.717, 1.165) is 24.0 Å². The number of hydrogen-bond donors (Lipinski definition) is 1. The Balaban J connectivity index is 2.24. The van der Waals surface area contributed by atoms with Crippen LogP contribution >= 0.6 is 0 Å². The van der Waals surface area contributed by atoms with Crippen molar-refractivity contribution in [1.82, 2.24) is 0 Å². The van der Waals surface area contributed by atoms with Crippen LogP contribution in [0, 0.1) is 5.82 Å².